The Morgan fingerprint density at radius 3 is 2.58 bits per heavy atom. The van der Waals surface area contributed by atoms with Gasteiger partial charge in [-0.2, -0.15) is 5.26 Å². The van der Waals surface area contributed by atoms with Crippen LogP contribution >= 0.6 is 0 Å². The molecule has 0 aliphatic carbocycles. The van der Waals surface area contributed by atoms with Crippen LogP contribution in [0.3, 0.4) is 0 Å². The van der Waals surface area contributed by atoms with Gasteiger partial charge in [-0.1, -0.05) is 6.07 Å². The van der Waals surface area contributed by atoms with E-state index in [9.17, 15) is 5.26 Å². The van der Waals surface area contributed by atoms with Gasteiger partial charge >= 0.3 is 0 Å². The zero-order valence-corrected chi connectivity index (χ0v) is 11.2. The third kappa shape index (κ3) is 2.55. The molecular weight excluding hydrogens is 238 g/mol. The van der Waals surface area contributed by atoms with Crippen molar-refractivity contribution in [3.05, 3.63) is 53.1 Å². The second kappa shape index (κ2) is 5.49. The Kier molecular flexibility index (Phi) is 3.76. The van der Waals surface area contributed by atoms with E-state index >= 15 is 0 Å². The monoisotopic (exact) mass is 253 g/mol. The number of benzene rings is 1. The first-order valence-corrected chi connectivity index (χ1v) is 5.98. The lowest BCUT2D eigenvalue weighted by Crippen LogP contribution is -2.04. The molecule has 96 valence electrons. The highest BCUT2D eigenvalue weighted by molar-refractivity contribution is 5.47. The van der Waals surface area contributed by atoms with Gasteiger partial charge in [0.15, 0.2) is 0 Å². The van der Waals surface area contributed by atoms with E-state index in [4.69, 9.17) is 4.74 Å². The van der Waals surface area contributed by atoms with Crippen LogP contribution in [-0.2, 0) is 0 Å². The molecule has 19 heavy (non-hydrogen) atoms. The largest absolute Gasteiger partial charge is 0.496 e. The highest BCUT2D eigenvalue weighted by Crippen LogP contribution is 2.30. The number of ether oxygens (including phenoxy) is 1. The summed E-state index contributed by atoms with van der Waals surface area (Å²) in [6.45, 7) is 3.94. The molecule has 0 saturated heterocycles. The molecule has 1 atom stereocenters. The van der Waals surface area contributed by atoms with Crippen molar-refractivity contribution in [1.29, 1.82) is 5.26 Å². The summed E-state index contributed by atoms with van der Waals surface area (Å²) in [7, 11) is 1.64. The molecule has 1 heterocycles. The van der Waals surface area contributed by atoms with Gasteiger partial charge < -0.3 is 4.74 Å². The molecule has 1 aromatic heterocycles. The Morgan fingerprint density at radius 2 is 2.00 bits per heavy atom. The van der Waals surface area contributed by atoms with Gasteiger partial charge in [0.25, 0.3) is 0 Å². The fourth-order valence-corrected chi connectivity index (χ4v) is 2.10. The van der Waals surface area contributed by atoms with Crippen LogP contribution in [0.5, 0.6) is 5.75 Å². The fraction of sp³-hybridized carbons (Fsp3) is 0.267. The number of hydrogen-bond acceptors (Lipinski definition) is 4. The van der Waals surface area contributed by atoms with Crippen LogP contribution in [0.2, 0.25) is 0 Å². The first-order chi connectivity index (χ1) is 9.17. The summed E-state index contributed by atoms with van der Waals surface area (Å²) >= 11 is 0. The van der Waals surface area contributed by atoms with Gasteiger partial charge in [0.05, 0.1) is 25.1 Å². The van der Waals surface area contributed by atoms with Gasteiger partial charge in [-0.25, -0.2) is 0 Å². The third-order valence-electron chi connectivity index (χ3n) is 3.10. The second-order valence-electron chi connectivity index (χ2n) is 4.37. The van der Waals surface area contributed by atoms with E-state index in [1.54, 1.807) is 25.7 Å². The Morgan fingerprint density at radius 1 is 1.21 bits per heavy atom. The standard InChI is InChI=1S/C15H15N3O/c1-10-7-15(19-3)11(2)6-12(10)13(8-16)14-9-17-4-5-18-14/h4-7,9,13H,1-3H3. The molecule has 0 radical (unpaired) electrons. The molecule has 4 nitrogen and oxygen atoms in total. The Labute approximate surface area is 112 Å². The minimum absolute atomic E-state index is 0.404. The molecule has 1 unspecified atom stereocenters. The van der Waals surface area contributed by atoms with Crippen LogP contribution in [0.15, 0.2) is 30.7 Å². The minimum Gasteiger partial charge on any atom is -0.496 e. The summed E-state index contributed by atoms with van der Waals surface area (Å²) < 4.78 is 5.29. The predicted molar refractivity (Wildman–Crippen MR) is 72.0 cm³/mol. The van der Waals surface area contributed by atoms with Gasteiger partial charge in [-0.3, -0.25) is 9.97 Å². The number of aryl methyl sites for hydroxylation is 2. The summed E-state index contributed by atoms with van der Waals surface area (Å²) in [5.41, 5.74) is 3.63. The fourth-order valence-electron chi connectivity index (χ4n) is 2.10. The zero-order chi connectivity index (χ0) is 13.8. The maximum Gasteiger partial charge on any atom is 0.122 e. The molecule has 2 aromatic rings. The average molecular weight is 253 g/mol. The predicted octanol–water partition coefficient (Wildman–Crippen LogP) is 2.76. The van der Waals surface area contributed by atoms with E-state index in [0.29, 0.717) is 5.69 Å². The lowest BCUT2D eigenvalue weighted by Gasteiger charge is -2.15. The summed E-state index contributed by atoms with van der Waals surface area (Å²) in [6.07, 6.45) is 4.84. The normalized spacial score (nSPS) is 11.7. The van der Waals surface area contributed by atoms with E-state index in [1.165, 1.54) is 0 Å². The maximum atomic E-state index is 9.43. The maximum absolute atomic E-state index is 9.43. The number of nitrogens with zero attached hydrogens (tertiary/aromatic N) is 3. The molecular formula is C15H15N3O. The number of aromatic nitrogens is 2. The summed E-state index contributed by atoms with van der Waals surface area (Å²) in [5, 5.41) is 9.43. The van der Waals surface area contributed by atoms with Crippen molar-refractivity contribution >= 4 is 0 Å². The first kappa shape index (κ1) is 13.0. The average Bonchev–Trinajstić information content (AvgIpc) is 2.44. The molecule has 0 aliphatic heterocycles. The van der Waals surface area contributed by atoms with Crippen molar-refractivity contribution in [3.63, 3.8) is 0 Å². The molecule has 0 fully saturated rings. The van der Waals surface area contributed by atoms with Gasteiger partial charge in [-0.05, 0) is 36.6 Å². The molecule has 1 aromatic carbocycles. The van der Waals surface area contributed by atoms with Crippen LogP contribution in [0, 0.1) is 25.2 Å². The smallest absolute Gasteiger partial charge is 0.122 e. The van der Waals surface area contributed by atoms with E-state index in [1.807, 2.05) is 26.0 Å². The van der Waals surface area contributed by atoms with Gasteiger partial charge in [-0.15, -0.1) is 0 Å². The van der Waals surface area contributed by atoms with Crippen molar-refractivity contribution in [1.82, 2.24) is 9.97 Å². The topological polar surface area (TPSA) is 58.8 Å². The number of rotatable bonds is 3. The van der Waals surface area contributed by atoms with E-state index in [-0.39, 0.29) is 0 Å². The van der Waals surface area contributed by atoms with E-state index < -0.39 is 5.92 Å². The van der Waals surface area contributed by atoms with Crippen molar-refractivity contribution in [2.24, 2.45) is 0 Å². The third-order valence-corrected chi connectivity index (χ3v) is 3.10. The minimum atomic E-state index is -0.404. The quantitative estimate of drug-likeness (QED) is 0.844. The van der Waals surface area contributed by atoms with Crippen LogP contribution in [-0.4, -0.2) is 17.1 Å². The second-order valence-corrected chi connectivity index (χ2v) is 4.37. The molecule has 2 rings (SSSR count). The van der Waals surface area contributed by atoms with Gasteiger partial charge in [0.1, 0.15) is 11.7 Å². The van der Waals surface area contributed by atoms with Crippen LogP contribution in [0.4, 0.5) is 0 Å². The van der Waals surface area contributed by atoms with Crippen molar-refractivity contribution in [2.45, 2.75) is 19.8 Å². The van der Waals surface area contributed by atoms with Crippen LogP contribution in [0.1, 0.15) is 28.3 Å². The van der Waals surface area contributed by atoms with Crippen molar-refractivity contribution in [2.75, 3.05) is 7.11 Å². The van der Waals surface area contributed by atoms with Crippen LogP contribution in [0.25, 0.3) is 0 Å². The van der Waals surface area contributed by atoms with Gasteiger partial charge in [0, 0.05) is 12.4 Å². The highest BCUT2D eigenvalue weighted by Gasteiger charge is 2.18. The molecule has 0 amide bonds. The Bertz CT molecular complexity index is 617. The molecule has 0 N–H and O–H groups in total. The van der Waals surface area contributed by atoms with E-state index in [0.717, 1.165) is 22.4 Å². The highest BCUT2D eigenvalue weighted by atomic mass is 16.5. The van der Waals surface area contributed by atoms with Crippen molar-refractivity contribution < 1.29 is 4.74 Å². The van der Waals surface area contributed by atoms with Crippen molar-refractivity contribution in [3.8, 4) is 11.8 Å². The molecule has 0 saturated carbocycles. The van der Waals surface area contributed by atoms with Crippen LogP contribution < -0.4 is 4.74 Å². The molecule has 0 aliphatic rings. The lowest BCUT2D eigenvalue weighted by molar-refractivity contribution is 0.411. The SMILES string of the molecule is COc1cc(C)c(C(C#N)c2cnccn2)cc1C. The summed E-state index contributed by atoms with van der Waals surface area (Å²) in [6, 6.07) is 6.23. The summed E-state index contributed by atoms with van der Waals surface area (Å²) in [4.78, 5) is 8.25. The molecule has 0 bridgehead atoms. The summed E-state index contributed by atoms with van der Waals surface area (Å²) in [5.74, 6) is 0.426. The number of nitriles is 1. The lowest BCUT2D eigenvalue weighted by atomic mass is 9.91. The Hall–Kier alpha value is -2.41. The number of hydrogen-bond donors (Lipinski definition) is 0. The number of methoxy groups -OCH3 is 1. The molecule has 0 spiro atoms. The Balaban J connectivity index is 2.51. The molecule has 4 heteroatoms. The first-order valence-electron chi connectivity index (χ1n) is 5.98. The zero-order valence-electron chi connectivity index (χ0n) is 11.2. The van der Waals surface area contributed by atoms with Gasteiger partial charge in [0.2, 0.25) is 0 Å². The van der Waals surface area contributed by atoms with E-state index in [2.05, 4.69) is 16.0 Å².